The van der Waals surface area contributed by atoms with Crippen molar-refractivity contribution in [3.63, 3.8) is 0 Å². The number of benzene rings is 1. The van der Waals surface area contributed by atoms with Crippen molar-refractivity contribution >= 4 is 11.0 Å². The Labute approximate surface area is 114 Å². The minimum absolute atomic E-state index is 0.254. The quantitative estimate of drug-likeness (QED) is 0.896. The van der Waals surface area contributed by atoms with Crippen molar-refractivity contribution in [3.05, 3.63) is 35.6 Å². The highest BCUT2D eigenvalue weighted by Crippen LogP contribution is 2.35. The first-order chi connectivity index (χ1) is 9.20. The highest BCUT2D eigenvalue weighted by molar-refractivity contribution is 5.82. The molecule has 1 aromatic carbocycles. The normalized spacial score (nSPS) is 17.3. The molecule has 1 heterocycles. The summed E-state index contributed by atoms with van der Waals surface area (Å²) < 4.78 is 5.87. The van der Waals surface area contributed by atoms with Gasteiger partial charge in [-0.25, -0.2) is 0 Å². The first-order valence-electron chi connectivity index (χ1n) is 7.09. The second kappa shape index (κ2) is 4.99. The Morgan fingerprint density at radius 3 is 2.79 bits per heavy atom. The van der Waals surface area contributed by atoms with E-state index in [1.54, 1.807) is 0 Å². The fourth-order valence-corrected chi connectivity index (χ4v) is 2.95. The largest absolute Gasteiger partial charge is 0.461 e. The molecule has 1 aromatic heterocycles. The standard InChI is InChI=1S/C16H22N2O/c1-11-16(13-5-3-4-6-15(13)19-11)14(9-17)18(2)10-12-7-8-12/h3-6,12,14H,7-10,17H2,1-2H3. The summed E-state index contributed by atoms with van der Waals surface area (Å²) in [6.07, 6.45) is 2.74. The van der Waals surface area contributed by atoms with Crippen molar-refractivity contribution in [1.82, 2.24) is 4.90 Å². The van der Waals surface area contributed by atoms with Crippen LogP contribution in [0, 0.1) is 12.8 Å². The SMILES string of the molecule is Cc1oc2ccccc2c1C(CN)N(C)CC1CC1. The lowest BCUT2D eigenvalue weighted by atomic mass is 10.0. The van der Waals surface area contributed by atoms with Crippen LogP contribution in [0.2, 0.25) is 0 Å². The second-order valence-electron chi connectivity index (χ2n) is 5.70. The number of nitrogens with zero attached hydrogens (tertiary/aromatic N) is 1. The third-order valence-electron chi connectivity index (χ3n) is 4.15. The van der Waals surface area contributed by atoms with Crippen LogP contribution in [0.5, 0.6) is 0 Å². The van der Waals surface area contributed by atoms with Crippen LogP contribution in [0.15, 0.2) is 28.7 Å². The molecule has 2 aromatic rings. The molecule has 0 radical (unpaired) electrons. The summed E-state index contributed by atoms with van der Waals surface area (Å²) in [5.41, 5.74) is 8.27. The molecule has 1 aliphatic rings. The van der Waals surface area contributed by atoms with Crippen LogP contribution in [0.4, 0.5) is 0 Å². The van der Waals surface area contributed by atoms with E-state index in [0.29, 0.717) is 6.54 Å². The molecule has 1 aliphatic carbocycles. The van der Waals surface area contributed by atoms with E-state index in [1.165, 1.54) is 23.8 Å². The van der Waals surface area contributed by atoms with Gasteiger partial charge in [-0.2, -0.15) is 0 Å². The van der Waals surface area contributed by atoms with E-state index >= 15 is 0 Å². The predicted molar refractivity (Wildman–Crippen MR) is 78.1 cm³/mol. The zero-order valence-electron chi connectivity index (χ0n) is 11.7. The van der Waals surface area contributed by atoms with Crippen LogP contribution in [0.3, 0.4) is 0 Å². The van der Waals surface area contributed by atoms with E-state index in [-0.39, 0.29) is 6.04 Å². The van der Waals surface area contributed by atoms with Gasteiger partial charge >= 0.3 is 0 Å². The smallest absolute Gasteiger partial charge is 0.134 e. The molecule has 1 saturated carbocycles. The number of fused-ring (bicyclic) bond motifs is 1. The molecular formula is C16H22N2O. The first-order valence-corrected chi connectivity index (χ1v) is 7.09. The second-order valence-corrected chi connectivity index (χ2v) is 5.70. The molecular weight excluding hydrogens is 236 g/mol. The molecule has 0 bridgehead atoms. The van der Waals surface area contributed by atoms with E-state index < -0.39 is 0 Å². The Bertz CT molecular complexity index is 571. The van der Waals surface area contributed by atoms with E-state index in [2.05, 4.69) is 24.1 Å². The van der Waals surface area contributed by atoms with Crippen LogP contribution < -0.4 is 5.73 Å². The number of para-hydroxylation sites is 1. The Morgan fingerprint density at radius 1 is 1.37 bits per heavy atom. The maximum Gasteiger partial charge on any atom is 0.134 e. The molecule has 1 atom stereocenters. The van der Waals surface area contributed by atoms with E-state index in [0.717, 1.165) is 23.8 Å². The molecule has 2 N–H and O–H groups in total. The van der Waals surface area contributed by atoms with E-state index in [4.69, 9.17) is 10.2 Å². The topological polar surface area (TPSA) is 42.4 Å². The molecule has 102 valence electrons. The van der Waals surface area contributed by atoms with Gasteiger partial charge in [0.2, 0.25) is 0 Å². The van der Waals surface area contributed by atoms with Crippen molar-refractivity contribution in [3.8, 4) is 0 Å². The number of nitrogens with two attached hydrogens (primary N) is 1. The Hall–Kier alpha value is -1.32. The average molecular weight is 258 g/mol. The van der Waals surface area contributed by atoms with Crippen molar-refractivity contribution in [2.45, 2.75) is 25.8 Å². The number of rotatable bonds is 5. The lowest BCUT2D eigenvalue weighted by Crippen LogP contribution is -2.32. The predicted octanol–water partition coefficient (Wildman–Crippen LogP) is 3.08. The van der Waals surface area contributed by atoms with Crippen LogP contribution in [-0.2, 0) is 0 Å². The number of hydrogen-bond donors (Lipinski definition) is 1. The molecule has 19 heavy (non-hydrogen) atoms. The first kappa shape index (κ1) is 12.7. The monoisotopic (exact) mass is 258 g/mol. The molecule has 1 fully saturated rings. The highest BCUT2D eigenvalue weighted by atomic mass is 16.3. The zero-order valence-corrected chi connectivity index (χ0v) is 11.7. The summed E-state index contributed by atoms with van der Waals surface area (Å²) in [5, 5.41) is 1.21. The molecule has 3 nitrogen and oxygen atoms in total. The summed E-state index contributed by atoms with van der Waals surface area (Å²) in [6.45, 7) is 3.82. The molecule has 0 saturated heterocycles. The van der Waals surface area contributed by atoms with Gasteiger partial charge < -0.3 is 10.2 Å². The van der Waals surface area contributed by atoms with Crippen molar-refractivity contribution in [2.75, 3.05) is 20.1 Å². The minimum Gasteiger partial charge on any atom is -0.461 e. The summed E-state index contributed by atoms with van der Waals surface area (Å²) in [6, 6.07) is 8.49. The van der Waals surface area contributed by atoms with Gasteiger partial charge in [0.1, 0.15) is 11.3 Å². The Kier molecular flexibility index (Phi) is 3.33. The third-order valence-corrected chi connectivity index (χ3v) is 4.15. The number of furan rings is 1. The fourth-order valence-electron chi connectivity index (χ4n) is 2.95. The van der Waals surface area contributed by atoms with Gasteiger partial charge in [0.05, 0.1) is 6.04 Å². The van der Waals surface area contributed by atoms with Crippen molar-refractivity contribution < 1.29 is 4.42 Å². The fraction of sp³-hybridized carbons (Fsp3) is 0.500. The average Bonchev–Trinajstić information content (AvgIpc) is 3.14. The summed E-state index contributed by atoms with van der Waals surface area (Å²) in [5.74, 6) is 1.87. The van der Waals surface area contributed by atoms with Gasteiger partial charge in [-0.3, -0.25) is 4.90 Å². The van der Waals surface area contributed by atoms with Crippen molar-refractivity contribution in [2.24, 2.45) is 11.7 Å². The highest BCUT2D eigenvalue weighted by Gasteiger charge is 2.28. The number of hydrogen-bond acceptors (Lipinski definition) is 3. The van der Waals surface area contributed by atoms with Gasteiger partial charge in [0.25, 0.3) is 0 Å². The molecule has 1 unspecified atom stereocenters. The van der Waals surface area contributed by atoms with Crippen LogP contribution in [0.1, 0.15) is 30.2 Å². The Morgan fingerprint density at radius 2 is 2.11 bits per heavy atom. The summed E-state index contributed by atoms with van der Waals surface area (Å²) >= 11 is 0. The zero-order chi connectivity index (χ0) is 13.4. The van der Waals surface area contributed by atoms with Gasteiger partial charge in [-0.15, -0.1) is 0 Å². The van der Waals surface area contributed by atoms with Crippen molar-refractivity contribution in [1.29, 1.82) is 0 Å². The minimum atomic E-state index is 0.254. The molecule has 3 rings (SSSR count). The number of likely N-dealkylation sites (N-methyl/N-ethyl adjacent to an activating group) is 1. The molecule has 0 amide bonds. The molecule has 0 spiro atoms. The lowest BCUT2D eigenvalue weighted by molar-refractivity contribution is 0.239. The van der Waals surface area contributed by atoms with Crippen LogP contribution in [0.25, 0.3) is 11.0 Å². The Balaban J connectivity index is 1.97. The summed E-state index contributed by atoms with van der Waals surface area (Å²) in [7, 11) is 2.18. The molecule has 0 aliphatic heterocycles. The van der Waals surface area contributed by atoms with Gasteiger partial charge in [-0.05, 0) is 38.8 Å². The van der Waals surface area contributed by atoms with E-state index in [1.807, 2.05) is 19.1 Å². The van der Waals surface area contributed by atoms with E-state index in [9.17, 15) is 0 Å². The summed E-state index contributed by atoms with van der Waals surface area (Å²) in [4.78, 5) is 2.39. The van der Waals surface area contributed by atoms with Gasteiger partial charge in [-0.1, -0.05) is 18.2 Å². The van der Waals surface area contributed by atoms with Gasteiger partial charge in [0, 0.05) is 24.0 Å². The number of aryl methyl sites for hydroxylation is 1. The van der Waals surface area contributed by atoms with Gasteiger partial charge in [0.15, 0.2) is 0 Å². The molecule has 3 heteroatoms. The van der Waals surface area contributed by atoms with Crippen LogP contribution >= 0.6 is 0 Å². The lowest BCUT2D eigenvalue weighted by Gasteiger charge is -2.27. The third kappa shape index (κ3) is 2.40. The maximum absolute atomic E-state index is 6.04. The maximum atomic E-state index is 6.04. The van der Waals surface area contributed by atoms with Crippen LogP contribution in [-0.4, -0.2) is 25.0 Å².